The Labute approximate surface area is 260 Å². The normalized spacial score (nSPS) is 21.8. The van der Waals surface area contributed by atoms with E-state index in [-0.39, 0.29) is 18.2 Å². The zero-order valence-electron chi connectivity index (χ0n) is 25.9. The molecule has 2 aliphatic heterocycles. The second-order valence-corrected chi connectivity index (χ2v) is 12.1. The van der Waals surface area contributed by atoms with E-state index in [9.17, 15) is 31.1 Å². The van der Waals surface area contributed by atoms with Crippen LogP contribution >= 0.6 is 0 Å². The van der Waals surface area contributed by atoms with Crippen LogP contribution in [0.15, 0.2) is 36.4 Å². The van der Waals surface area contributed by atoms with E-state index in [4.69, 9.17) is 9.47 Å². The van der Waals surface area contributed by atoms with Crippen LogP contribution in [0.4, 0.5) is 26.3 Å². The van der Waals surface area contributed by atoms with Crippen LogP contribution in [-0.2, 0) is 28.2 Å². The topological polar surface area (TPSA) is 45.3 Å². The molecule has 0 N–H and O–H groups in total. The number of amides is 1. The zero-order valence-corrected chi connectivity index (χ0v) is 25.9. The highest BCUT2D eigenvalue weighted by Crippen LogP contribution is 2.37. The van der Waals surface area contributed by atoms with E-state index in [1.54, 1.807) is 7.11 Å². The lowest BCUT2D eigenvalue weighted by Crippen LogP contribution is -2.57. The molecule has 45 heavy (non-hydrogen) atoms. The smallest absolute Gasteiger partial charge is 0.383 e. The van der Waals surface area contributed by atoms with Crippen molar-refractivity contribution in [2.24, 2.45) is 0 Å². The van der Waals surface area contributed by atoms with Crippen LogP contribution in [0.25, 0.3) is 0 Å². The summed E-state index contributed by atoms with van der Waals surface area (Å²) in [6.45, 7) is 10.1. The molecule has 12 heteroatoms. The van der Waals surface area contributed by atoms with Crippen LogP contribution in [0.1, 0.15) is 45.1 Å². The second-order valence-electron chi connectivity index (χ2n) is 12.1. The maximum absolute atomic E-state index is 13.7. The van der Waals surface area contributed by atoms with Crippen LogP contribution in [0.2, 0.25) is 0 Å². The molecule has 2 heterocycles. The number of ether oxygens (including phenoxy) is 2. The first-order valence-electron chi connectivity index (χ1n) is 14.8. The lowest BCUT2D eigenvalue weighted by molar-refractivity contribution is -0.143. The highest BCUT2D eigenvalue weighted by molar-refractivity contribution is 5.95. The van der Waals surface area contributed by atoms with Gasteiger partial charge in [0, 0.05) is 44.9 Å². The van der Waals surface area contributed by atoms with Gasteiger partial charge in [-0.25, -0.2) is 0 Å². The monoisotopic (exact) mass is 639 g/mol. The average molecular weight is 640 g/mol. The highest BCUT2D eigenvalue weighted by Gasteiger charge is 2.39. The SMILES string of the molecule is COCC1(C)COCCN1CC#CCN1CCN(C(=O)c2cc(C(F)(F)F)cc(C(F)(F)F)c2)[C@H](Cc2ccc(C)c(C)c2)C1. The number of benzene rings is 2. The van der Waals surface area contributed by atoms with Gasteiger partial charge in [-0.05, 0) is 62.1 Å². The fourth-order valence-corrected chi connectivity index (χ4v) is 5.81. The van der Waals surface area contributed by atoms with E-state index in [1.165, 1.54) is 4.90 Å². The third-order valence-electron chi connectivity index (χ3n) is 8.54. The Morgan fingerprint density at radius 3 is 2.24 bits per heavy atom. The molecule has 0 radical (unpaired) electrons. The first-order valence-corrected chi connectivity index (χ1v) is 14.8. The van der Waals surface area contributed by atoms with Gasteiger partial charge in [0.25, 0.3) is 5.91 Å². The molecule has 4 rings (SSSR count). The molecule has 246 valence electrons. The van der Waals surface area contributed by atoms with Gasteiger partial charge in [-0.1, -0.05) is 30.0 Å². The van der Waals surface area contributed by atoms with Crippen molar-refractivity contribution in [1.29, 1.82) is 0 Å². The largest absolute Gasteiger partial charge is 0.416 e. The van der Waals surface area contributed by atoms with E-state index in [1.807, 2.05) is 32.0 Å². The Bertz CT molecular complexity index is 1380. The predicted octanol–water partition coefficient (Wildman–Crippen LogP) is 5.45. The number of hydrogen-bond acceptors (Lipinski definition) is 5. The van der Waals surface area contributed by atoms with Gasteiger partial charge in [0.05, 0.1) is 49.6 Å². The number of rotatable bonds is 7. The number of nitrogens with zero attached hydrogens (tertiary/aromatic N) is 3. The van der Waals surface area contributed by atoms with E-state index in [0.29, 0.717) is 64.6 Å². The summed E-state index contributed by atoms with van der Waals surface area (Å²) in [6.07, 6.45) is -9.71. The van der Waals surface area contributed by atoms with Crippen LogP contribution < -0.4 is 0 Å². The van der Waals surface area contributed by atoms with Crippen molar-refractivity contribution in [3.05, 3.63) is 69.8 Å². The first kappa shape index (κ1) is 34.8. The molecule has 1 amide bonds. The highest BCUT2D eigenvalue weighted by atomic mass is 19.4. The van der Waals surface area contributed by atoms with Gasteiger partial charge in [-0.2, -0.15) is 26.3 Å². The fraction of sp³-hybridized carbons (Fsp3) is 0.545. The maximum atomic E-state index is 13.7. The number of hydrogen-bond donors (Lipinski definition) is 0. The van der Waals surface area contributed by atoms with E-state index < -0.39 is 41.0 Å². The Morgan fingerprint density at radius 1 is 0.956 bits per heavy atom. The van der Waals surface area contributed by atoms with Crippen molar-refractivity contribution in [3.8, 4) is 11.8 Å². The Kier molecular flexibility index (Phi) is 10.9. The average Bonchev–Trinajstić information content (AvgIpc) is 2.97. The Hall–Kier alpha value is -3.11. The minimum atomic E-state index is -5.05. The number of alkyl halides is 6. The number of methoxy groups -OCH3 is 1. The lowest BCUT2D eigenvalue weighted by Gasteiger charge is -2.43. The third-order valence-corrected chi connectivity index (χ3v) is 8.54. The molecule has 2 fully saturated rings. The van der Waals surface area contributed by atoms with Gasteiger partial charge in [-0.15, -0.1) is 0 Å². The van der Waals surface area contributed by atoms with Gasteiger partial charge in [0.2, 0.25) is 0 Å². The molecule has 2 aromatic rings. The number of morpholine rings is 1. The molecule has 2 aromatic carbocycles. The van der Waals surface area contributed by atoms with Gasteiger partial charge in [0.1, 0.15) is 0 Å². The summed E-state index contributed by atoms with van der Waals surface area (Å²) in [5.74, 6) is 5.57. The van der Waals surface area contributed by atoms with Crippen molar-refractivity contribution >= 4 is 5.91 Å². The van der Waals surface area contributed by atoms with Gasteiger partial charge < -0.3 is 14.4 Å². The van der Waals surface area contributed by atoms with Crippen molar-refractivity contribution in [3.63, 3.8) is 0 Å². The lowest BCUT2D eigenvalue weighted by atomic mass is 9.97. The molecule has 0 aliphatic carbocycles. The van der Waals surface area contributed by atoms with E-state index in [0.717, 1.165) is 23.2 Å². The number of carbonyl (C=O) groups is 1. The van der Waals surface area contributed by atoms with E-state index in [2.05, 4.69) is 28.6 Å². The summed E-state index contributed by atoms with van der Waals surface area (Å²) in [6, 6.07) is 6.42. The molecule has 6 nitrogen and oxygen atoms in total. The zero-order chi connectivity index (χ0) is 33.0. The summed E-state index contributed by atoms with van der Waals surface area (Å²) >= 11 is 0. The van der Waals surface area contributed by atoms with Crippen molar-refractivity contribution in [1.82, 2.24) is 14.7 Å². The predicted molar refractivity (Wildman–Crippen MR) is 158 cm³/mol. The summed E-state index contributed by atoms with van der Waals surface area (Å²) in [7, 11) is 1.64. The summed E-state index contributed by atoms with van der Waals surface area (Å²) < 4.78 is 92.3. The Morgan fingerprint density at radius 2 is 1.62 bits per heavy atom. The van der Waals surface area contributed by atoms with Crippen molar-refractivity contribution < 1.29 is 40.6 Å². The molecular formula is C33H39F6N3O3. The first-order chi connectivity index (χ1) is 21.1. The van der Waals surface area contributed by atoms with Crippen molar-refractivity contribution in [2.45, 2.75) is 51.1 Å². The summed E-state index contributed by atoms with van der Waals surface area (Å²) in [4.78, 5) is 19.3. The summed E-state index contributed by atoms with van der Waals surface area (Å²) in [5, 5.41) is 0. The molecule has 1 unspecified atom stereocenters. The summed E-state index contributed by atoms with van der Waals surface area (Å²) in [5.41, 5.74) is -0.915. The van der Waals surface area contributed by atoms with Crippen LogP contribution in [0.5, 0.6) is 0 Å². The number of aryl methyl sites for hydroxylation is 2. The number of piperazine rings is 1. The molecule has 0 saturated carbocycles. The molecule has 2 saturated heterocycles. The molecule has 2 atom stereocenters. The van der Waals surface area contributed by atoms with Gasteiger partial charge in [-0.3, -0.25) is 14.6 Å². The van der Waals surface area contributed by atoms with E-state index >= 15 is 0 Å². The number of halogens is 6. The molecule has 0 spiro atoms. The molecular weight excluding hydrogens is 600 g/mol. The van der Waals surface area contributed by atoms with Crippen LogP contribution in [0.3, 0.4) is 0 Å². The minimum absolute atomic E-state index is 0.0364. The van der Waals surface area contributed by atoms with Gasteiger partial charge in [0.15, 0.2) is 0 Å². The number of carbonyl (C=O) groups excluding carboxylic acids is 1. The van der Waals surface area contributed by atoms with Gasteiger partial charge >= 0.3 is 12.4 Å². The molecule has 0 bridgehead atoms. The minimum Gasteiger partial charge on any atom is -0.383 e. The van der Waals surface area contributed by atoms with Crippen LogP contribution in [-0.4, -0.2) is 98.4 Å². The second kappa shape index (κ2) is 14.1. The third kappa shape index (κ3) is 8.79. The maximum Gasteiger partial charge on any atom is 0.416 e. The quantitative estimate of drug-likeness (QED) is 0.298. The molecule has 0 aromatic heterocycles. The van der Waals surface area contributed by atoms with Crippen LogP contribution in [0, 0.1) is 25.7 Å². The molecule has 2 aliphatic rings. The standard InChI is InChI=1S/C33H39F6N3O3/c1-23-7-8-25(15-24(23)2)16-29-20-40(9-5-6-10-41-13-14-45-22-31(41,3)21-44-4)11-12-42(29)30(43)26-17-27(32(34,35)36)19-28(18-26)33(37,38)39/h7-8,15,17-19,29H,9-14,16,20-22H2,1-4H3/t29-,31?/m1/s1. The fourth-order valence-electron chi connectivity index (χ4n) is 5.81. The Balaban J connectivity index is 1.55. The van der Waals surface area contributed by atoms with Crippen molar-refractivity contribution in [2.75, 3.05) is 66.2 Å².